The SMILES string of the molecule is CC/C=C\C/C=C\C/C=C\C/C=C\C/C=C\C/C=C\CCCCCCCCCCC(=O)NC(COP(=O)(O)OCC[N+](C)(C)C)C(/C=C\CCCCCCCCCCCCC)OC(=O)CCCCCCCCC/C=C/C=C/C=C/CC. The number of ether oxygens (including phenoxy) is 1. The first-order valence-electron chi connectivity index (χ1n) is 32.9. The highest BCUT2D eigenvalue weighted by Crippen LogP contribution is 2.43. The van der Waals surface area contributed by atoms with E-state index >= 15 is 0 Å². The lowest BCUT2D eigenvalue weighted by atomic mass is 10.0. The summed E-state index contributed by atoms with van der Waals surface area (Å²) in [5, 5.41) is 3.05. The van der Waals surface area contributed by atoms with E-state index in [1.807, 2.05) is 33.3 Å². The first-order chi connectivity index (χ1) is 39.4. The van der Waals surface area contributed by atoms with Crippen LogP contribution in [-0.4, -0.2) is 74.3 Å². The van der Waals surface area contributed by atoms with Crippen molar-refractivity contribution in [2.24, 2.45) is 0 Å². The molecule has 0 aromatic rings. The van der Waals surface area contributed by atoms with Crippen LogP contribution in [0.2, 0.25) is 0 Å². The van der Waals surface area contributed by atoms with Crippen LogP contribution in [0.5, 0.6) is 0 Å². The van der Waals surface area contributed by atoms with E-state index < -0.39 is 20.0 Å². The molecule has 2 N–H and O–H groups in total. The zero-order valence-electron chi connectivity index (χ0n) is 53.0. The molecule has 0 saturated carbocycles. The molecule has 0 aliphatic heterocycles. The van der Waals surface area contributed by atoms with Crippen LogP contribution >= 0.6 is 7.82 Å². The minimum atomic E-state index is -4.46. The summed E-state index contributed by atoms with van der Waals surface area (Å²) in [6.45, 7) is 6.75. The number of carbonyl (C=O) groups is 2. The summed E-state index contributed by atoms with van der Waals surface area (Å²) in [5.41, 5.74) is 0. The standard InChI is InChI=1S/C71H123N2O7P/c1-7-10-13-16-19-22-25-28-30-31-32-33-34-35-36-37-38-39-40-41-43-45-48-51-54-57-60-63-70(74)72-68(67-79-81(76,77)78-66-65-73(4,5)6)69(62-59-56-53-50-47-44-27-24-21-18-15-12-9-3)80-71(75)64-61-58-55-52-49-46-42-29-26-23-20-17-14-11-8-2/h10-11,13-14,17,19-20,22-23,26,28,30,32-33,35-36,38-39,59,62,68-69H,7-9,12,15-16,18,21,24-25,27,29,31,34,37,40-58,60-61,63-67H2,1-6H3,(H-,72,74,76,77)/p+1/b13-10-,14-11+,20-17+,22-19-,26-23+,30-28-,33-32-,36-35-,39-38-,62-59-. The number of likely N-dealkylation sites (N-methyl/N-ethyl adjacent to an activating group) is 1. The molecule has 1 amide bonds. The van der Waals surface area contributed by atoms with Gasteiger partial charge in [0.15, 0.2) is 0 Å². The van der Waals surface area contributed by atoms with Gasteiger partial charge in [-0.25, -0.2) is 4.57 Å². The largest absolute Gasteiger partial charge is 0.472 e. The van der Waals surface area contributed by atoms with Gasteiger partial charge < -0.3 is 19.4 Å². The number of nitrogens with one attached hydrogen (secondary N) is 1. The van der Waals surface area contributed by atoms with E-state index in [2.05, 4.69) is 135 Å². The maximum atomic E-state index is 13.6. The third-order valence-electron chi connectivity index (χ3n) is 14.0. The second-order valence-electron chi connectivity index (χ2n) is 22.9. The molecule has 0 fully saturated rings. The first kappa shape index (κ1) is 77.4. The number of hydrogen-bond donors (Lipinski definition) is 2. The lowest BCUT2D eigenvalue weighted by molar-refractivity contribution is -0.870. The minimum Gasteiger partial charge on any atom is -0.456 e. The summed E-state index contributed by atoms with van der Waals surface area (Å²) in [5.74, 6) is -0.533. The van der Waals surface area contributed by atoms with Gasteiger partial charge in [-0.2, -0.15) is 0 Å². The number of esters is 1. The summed E-state index contributed by atoms with van der Waals surface area (Å²) in [7, 11) is 1.47. The van der Waals surface area contributed by atoms with Crippen LogP contribution in [0.25, 0.3) is 0 Å². The molecule has 0 bridgehead atoms. The summed E-state index contributed by atoms with van der Waals surface area (Å²) in [6.07, 6.45) is 83.4. The van der Waals surface area contributed by atoms with Crippen molar-refractivity contribution in [2.75, 3.05) is 40.9 Å². The average Bonchev–Trinajstić information content (AvgIpc) is 3.44. The molecule has 3 unspecified atom stereocenters. The molecule has 0 spiro atoms. The molecule has 3 atom stereocenters. The smallest absolute Gasteiger partial charge is 0.456 e. The summed E-state index contributed by atoms with van der Waals surface area (Å²) in [6, 6.07) is -0.867. The Morgan fingerprint density at radius 3 is 1.32 bits per heavy atom. The van der Waals surface area contributed by atoms with E-state index in [4.69, 9.17) is 13.8 Å². The lowest BCUT2D eigenvalue weighted by Crippen LogP contribution is -2.47. The molecular weight excluding hydrogens is 1020 g/mol. The number of allylic oxidation sites excluding steroid dienone is 19. The molecule has 0 aliphatic rings. The van der Waals surface area contributed by atoms with Gasteiger partial charge in [-0.05, 0) is 102 Å². The van der Waals surface area contributed by atoms with Gasteiger partial charge >= 0.3 is 13.8 Å². The Kier molecular flexibility index (Phi) is 56.9. The number of phosphoric acid groups is 1. The molecule has 9 nitrogen and oxygen atoms in total. The van der Waals surface area contributed by atoms with Crippen LogP contribution in [0, 0.1) is 0 Å². The number of nitrogens with zero attached hydrogens (tertiary/aromatic N) is 1. The molecule has 0 aromatic heterocycles. The topological polar surface area (TPSA) is 111 Å². The van der Waals surface area contributed by atoms with Gasteiger partial charge in [-0.3, -0.25) is 18.6 Å². The summed E-state index contributed by atoms with van der Waals surface area (Å²) < 4.78 is 30.7. The van der Waals surface area contributed by atoms with E-state index in [1.54, 1.807) is 0 Å². The normalized spacial score (nSPS) is 14.4. The van der Waals surface area contributed by atoms with Gasteiger partial charge in [-0.15, -0.1) is 0 Å². The highest BCUT2D eigenvalue weighted by molar-refractivity contribution is 7.47. The minimum absolute atomic E-state index is 0.0302. The third-order valence-corrected chi connectivity index (χ3v) is 14.9. The van der Waals surface area contributed by atoms with Gasteiger partial charge in [0.1, 0.15) is 19.3 Å². The van der Waals surface area contributed by atoms with Gasteiger partial charge in [0, 0.05) is 12.8 Å². The Bertz CT molecular complexity index is 1800. The lowest BCUT2D eigenvalue weighted by Gasteiger charge is -2.27. The summed E-state index contributed by atoms with van der Waals surface area (Å²) >= 11 is 0. The highest BCUT2D eigenvalue weighted by atomic mass is 31.2. The Balaban J connectivity index is 5.17. The third kappa shape index (κ3) is 60.8. The number of unbranched alkanes of at least 4 members (excludes halogenated alkanes) is 26. The number of amides is 1. The molecule has 464 valence electrons. The zero-order chi connectivity index (χ0) is 59.3. The Morgan fingerprint density at radius 2 is 0.852 bits per heavy atom. The van der Waals surface area contributed by atoms with E-state index in [9.17, 15) is 19.0 Å². The second-order valence-corrected chi connectivity index (χ2v) is 24.4. The Morgan fingerprint density at radius 1 is 0.457 bits per heavy atom. The highest BCUT2D eigenvalue weighted by Gasteiger charge is 2.30. The Labute approximate surface area is 499 Å². The average molecular weight is 1150 g/mol. The monoisotopic (exact) mass is 1150 g/mol. The first-order valence-corrected chi connectivity index (χ1v) is 34.4. The van der Waals surface area contributed by atoms with Crippen LogP contribution < -0.4 is 5.32 Å². The quantitative estimate of drug-likeness (QED) is 0.0156. The van der Waals surface area contributed by atoms with E-state index in [0.29, 0.717) is 17.4 Å². The van der Waals surface area contributed by atoms with Crippen LogP contribution in [0.4, 0.5) is 0 Å². The van der Waals surface area contributed by atoms with Crippen LogP contribution in [0.3, 0.4) is 0 Å². The van der Waals surface area contributed by atoms with E-state index in [1.165, 1.54) is 103 Å². The molecule has 0 heterocycles. The van der Waals surface area contributed by atoms with Gasteiger partial charge in [-0.1, -0.05) is 271 Å². The second kappa shape index (κ2) is 59.6. The molecule has 0 aromatic carbocycles. The van der Waals surface area contributed by atoms with Crippen molar-refractivity contribution in [3.8, 4) is 0 Å². The van der Waals surface area contributed by atoms with E-state index in [0.717, 1.165) is 128 Å². The van der Waals surface area contributed by atoms with Gasteiger partial charge in [0.05, 0.1) is 33.8 Å². The Hall–Kier alpha value is -3.59. The van der Waals surface area contributed by atoms with Gasteiger partial charge in [0.2, 0.25) is 5.91 Å². The van der Waals surface area contributed by atoms with Crippen LogP contribution in [0.1, 0.15) is 265 Å². The van der Waals surface area contributed by atoms with Crippen molar-refractivity contribution >= 4 is 19.7 Å². The number of phosphoric ester groups is 1. The number of rotatable bonds is 58. The molecule has 0 radical (unpaired) electrons. The fraction of sp³-hybridized carbons (Fsp3) is 0.690. The number of quaternary nitrogens is 1. The van der Waals surface area contributed by atoms with Crippen LogP contribution in [-0.2, 0) is 27.9 Å². The molecular formula is C71H124N2O7P+. The van der Waals surface area contributed by atoms with E-state index in [-0.39, 0.29) is 31.5 Å². The van der Waals surface area contributed by atoms with Crippen molar-refractivity contribution in [3.05, 3.63) is 122 Å². The van der Waals surface area contributed by atoms with Crippen molar-refractivity contribution in [3.63, 3.8) is 0 Å². The van der Waals surface area contributed by atoms with Crippen molar-refractivity contribution < 1.29 is 37.3 Å². The maximum absolute atomic E-state index is 13.6. The van der Waals surface area contributed by atoms with Crippen molar-refractivity contribution in [1.29, 1.82) is 0 Å². The molecule has 10 heteroatoms. The molecule has 81 heavy (non-hydrogen) atoms. The number of hydrogen-bond acceptors (Lipinski definition) is 6. The molecule has 0 aliphatic carbocycles. The summed E-state index contributed by atoms with van der Waals surface area (Å²) in [4.78, 5) is 37.8. The number of carbonyl (C=O) groups excluding carboxylic acids is 2. The maximum Gasteiger partial charge on any atom is 0.472 e. The van der Waals surface area contributed by atoms with Crippen LogP contribution in [0.15, 0.2) is 122 Å². The zero-order valence-corrected chi connectivity index (χ0v) is 53.9. The van der Waals surface area contributed by atoms with Gasteiger partial charge in [0.25, 0.3) is 0 Å². The van der Waals surface area contributed by atoms with Crippen molar-refractivity contribution in [1.82, 2.24) is 5.32 Å². The molecule has 0 saturated heterocycles. The molecule has 0 rings (SSSR count). The predicted molar refractivity (Wildman–Crippen MR) is 350 cm³/mol. The predicted octanol–water partition coefficient (Wildman–Crippen LogP) is 20.7. The fourth-order valence-corrected chi connectivity index (χ4v) is 9.68. The van der Waals surface area contributed by atoms with Crippen molar-refractivity contribution in [2.45, 2.75) is 277 Å². The fourth-order valence-electron chi connectivity index (χ4n) is 8.94.